The van der Waals surface area contributed by atoms with Crippen LogP contribution >= 0.6 is 0 Å². The fourth-order valence-electron chi connectivity index (χ4n) is 0.978. The van der Waals surface area contributed by atoms with Crippen LogP contribution in [0.2, 0.25) is 6.32 Å². The second-order valence-corrected chi connectivity index (χ2v) is 2.62. The maximum absolute atomic E-state index is 11.4. The topological polar surface area (TPSA) is 72.9 Å². The number of aromatic nitrogens is 2. The summed E-state index contributed by atoms with van der Waals surface area (Å²) < 4.78 is 1.43. The molecule has 0 aliphatic rings. The van der Waals surface area contributed by atoms with Crippen molar-refractivity contribution in [2.75, 3.05) is 12.3 Å². The molecule has 0 bridgehead atoms. The zero-order valence-electron chi connectivity index (χ0n) is 7.45. The number of amides is 1. The maximum Gasteiger partial charge on any atom is 0.269 e. The fourth-order valence-corrected chi connectivity index (χ4v) is 0.978. The number of hydrogen-bond acceptors (Lipinski definition) is 3. The number of nitrogens with one attached hydrogen (secondary N) is 1. The first kappa shape index (κ1) is 9.63. The summed E-state index contributed by atoms with van der Waals surface area (Å²) in [7, 11) is 6.90. The Morgan fingerprint density at radius 3 is 3.00 bits per heavy atom. The minimum Gasteiger partial charge on any atom is -0.382 e. The highest BCUT2D eigenvalue weighted by Crippen LogP contribution is 2.03. The van der Waals surface area contributed by atoms with Gasteiger partial charge in [-0.15, -0.1) is 0 Å². The Morgan fingerprint density at radius 1 is 1.85 bits per heavy atom. The number of carbonyl (C=O) groups is 1. The van der Waals surface area contributed by atoms with E-state index in [2.05, 4.69) is 10.4 Å². The molecule has 1 rings (SSSR count). The van der Waals surface area contributed by atoms with Gasteiger partial charge in [0.15, 0.2) is 0 Å². The molecule has 13 heavy (non-hydrogen) atoms. The molecule has 0 spiro atoms. The molecule has 0 aliphatic carbocycles. The van der Waals surface area contributed by atoms with Gasteiger partial charge in [0.1, 0.15) is 11.5 Å². The van der Waals surface area contributed by atoms with Crippen LogP contribution < -0.4 is 11.1 Å². The lowest BCUT2D eigenvalue weighted by Crippen LogP contribution is -2.26. The first-order valence-corrected chi connectivity index (χ1v) is 3.93. The van der Waals surface area contributed by atoms with Gasteiger partial charge in [-0.05, 0) is 0 Å². The molecule has 6 heteroatoms. The van der Waals surface area contributed by atoms with E-state index in [1.165, 1.54) is 10.7 Å². The van der Waals surface area contributed by atoms with Gasteiger partial charge in [-0.25, -0.2) is 0 Å². The second kappa shape index (κ2) is 3.98. The molecule has 3 N–H and O–H groups in total. The summed E-state index contributed by atoms with van der Waals surface area (Å²) in [6.45, 7) is 0.448. The Balaban J connectivity index is 2.70. The molecule has 1 amide bonds. The van der Waals surface area contributed by atoms with Crippen molar-refractivity contribution >= 4 is 19.6 Å². The van der Waals surface area contributed by atoms with Crippen LogP contribution in [0, 0.1) is 0 Å². The molecule has 5 nitrogen and oxygen atoms in total. The van der Waals surface area contributed by atoms with Crippen molar-refractivity contribution in [3.8, 4) is 0 Å². The number of nitrogens with two attached hydrogens (primary N) is 1. The molecular weight excluding hydrogens is 167 g/mol. The second-order valence-electron chi connectivity index (χ2n) is 2.62. The van der Waals surface area contributed by atoms with Crippen molar-refractivity contribution in [2.45, 2.75) is 6.32 Å². The third-order valence-electron chi connectivity index (χ3n) is 1.56. The third-order valence-corrected chi connectivity index (χ3v) is 1.56. The summed E-state index contributed by atoms with van der Waals surface area (Å²) >= 11 is 0. The van der Waals surface area contributed by atoms with E-state index in [0.29, 0.717) is 24.4 Å². The lowest BCUT2D eigenvalue weighted by atomic mass is 10.1. The number of nitrogens with zero attached hydrogens (tertiary/aromatic N) is 2. The van der Waals surface area contributed by atoms with E-state index in [0.717, 1.165) is 0 Å². The molecule has 1 heterocycles. The van der Waals surface area contributed by atoms with Crippen molar-refractivity contribution < 1.29 is 4.79 Å². The molecule has 0 aliphatic heterocycles. The quantitative estimate of drug-likeness (QED) is 0.602. The Morgan fingerprint density at radius 2 is 2.54 bits per heavy atom. The summed E-state index contributed by atoms with van der Waals surface area (Å²) in [6, 6.07) is 1.52. The Hall–Kier alpha value is -1.46. The summed E-state index contributed by atoms with van der Waals surface area (Å²) in [5.74, 6) is 0.123. The average molecular weight is 178 g/mol. The molecule has 1 aromatic rings. The molecule has 0 saturated heterocycles. The third kappa shape index (κ3) is 2.24. The highest BCUT2D eigenvalue weighted by molar-refractivity contribution is 6.08. The summed E-state index contributed by atoms with van der Waals surface area (Å²) in [4.78, 5) is 11.4. The molecule has 2 radical (unpaired) electrons. The van der Waals surface area contributed by atoms with Crippen molar-refractivity contribution in [1.29, 1.82) is 0 Å². The van der Waals surface area contributed by atoms with Crippen LogP contribution in [0.1, 0.15) is 10.5 Å². The molecule has 0 saturated carbocycles. The van der Waals surface area contributed by atoms with Gasteiger partial charge in [0, 0.05) is 19.7 Å². The van der Waals surface area contributed by atoms with E-state index in [1.54, 1.807) is 7.05 Å². The van der Waals surface area contributed by atoms with Gasteiger partial charge in [0.05, 0.1) is 7.85 Å². The van der Waals surface area contributed by atoms with Gasteiger partial charge >= 0.3 is 0 Å². The molecule has 1 aromatic heterocycles. The van der Waals surface area contributed by atoms with Gasteiger partial charge in [0.25, 0.3) is 5.91 Å². The number of rotatable bonds is 3. The van der Waals surface area contributed by atoms with Gasteiger partial charge in [-0.3, -0.25) is 9.48 Å². The standard InChI is InChI=1S/C7H11BN4O/c1-12-5(4-6(9)11-12)7(13)10-3-2-8/h4H,2-3H2,1H3,(H2,9,11)(H,10,13). The SMILES string of the molecule is [B]CCNC(=O)c1cc(N)nn1C. The highest BCUT2D eigenvalue weighted by atomic mass is 16.2. The lowest BCUT2D eigenvalue weighted by molar-refractivity contribution is 0.0946. The number of hydrogen-bond donors (Lipinski definition) is 2. The van der Waals surface area contributed by atoms with Crippen LogP contribution in [0.4, 0.5) is 5.82 Å². The van der Waals surface area contributed by atoms with Gasteiger partial charge < -0.3 is 11.1 Å². The molecule has 0 fully saturated rings. The van der Waals surface area contributed by atoms with Crippen molar-refractivity contribution in [3.63, 3.8) is 0 Å². The summed E-state index contributed by atoms with van der Waals surface area (Å²) in [5.41, 5.74) is 5.85. The normalized spacial score (nSPS) is 9.92. The van der Waals surface area contributed by atoms with Crippen LogP contribution in [0.5, 0.6) is 0 Å². The summed E-state index contributed by atoms with van der Waals surface area (Å²) in [6.07, 6.45) is 0.416. The minimum absolute atomic E-state index is 0.211. The first-order valence-electron chi connectivity index (χ1n) is 3.93. The van der Waals surface area contributed by atoms with Crippen molar-refractivity contribution in [3.05, 3.63) is 11.8 Å². The molecule has 68 valence electrons. The first-order chi connectivity index (χ1) is 6.15. The number of aryl methyl sites for hydroxylation is 1. The van der Waals surface area contributed by atoms with Crippen LogP contribution in [0.25, 0.3) is 0 Å². The van der Waals surface area contributed by atoms with Crippen molar-refractivity contribution in [1.82, 2.24) is 15.1 Å². The van der Waals surface area contributed by atoms with Crippen molar-refractivity contribution in [2.24, 2.45) is 7.05 Å². The predicted molar refractivity (Wildman–Crippen MR) is 50.5 cm³/mol. The van der Waals surface area contributed by atoms with Crippen LogP contribution in [0.15, 0.2) is 6.07 Å². The van der Waals surface area contributed by atoms with E-state index in [1.807, 2.05) is 0 Å². The monoisotopic (exact) mass is 178 g/mol. The van der Waals surface area contributed by atoms with Crippen LogP contribution in [-0.2, 0) is 7.05 Å². The summed E-state index contributed by atoms with van der Waals surface area (Å²) in [5, 5.41) is 6.47. The molecular formula is C7H11BN4O. The Labute approximate surface area is 77.7 Å². The molecule has 0 unspecified atom stereocenters. The molecule has 0 aromatic carbocycles. The van der Waals surface area contributed by atoms with E-state index >= 15 is 0 Å². The zero-order valence-corrected chi connectivity index (χ0v) is 7.45. The number of carbonyl (C=O) groups excluding carboxylic acids is 1. The Bertz CT molecular complexity index is 309. The zero-order chi connectivity index (χ0) is 9.84. The highest BCUT2D eigenvalue weighted by Gasteiger charge is 2.10. The minimum atomic E-state index is -0.211. The average Bonchev–Trinajstić information content (AvgIpc) is 2.41. The van der Waals surface area contributed by atoms with Gasteiger partial charge in [-0.2, -0.15) is 5.10 Å². The maximum atomic E-state index is 11.4. The largest absolute Gasteiger partial charge is 0.382 e. The molecule has 0 atom stereocenters. The van der Waals surface area contributed by atoms with Gasteiger partial charge in [0.2, 0.25) is 0 Å². The van der Waals surface area contributed by atoms with E-state index in [4.69, 9.17) is 13.6 Å². The van der Waals surface area contributed by atoms with Crippen LogP contribution in [0.3, 0.4) is 0 Å². The smallest absolute Gasteiger partial charge is 0.269 e. The lowest BCUT2D eigenvalue weighted by Gasteiger charge is -2.02. The van der Waals surface area contributed by atoms with E-state index in [9.17, 15) is 4.79 Å². The van der Waals surface area contributed by atoms with Gasteiger partial charge in [-0.1, -0.05) is 6.32 Å². The Kier molecular flexibility index (Phi) is 2.95. The number of nitrogen functional groups attached to an aromatic ring is 1. The van der Waals surface area contributed by atoms with E-state index in [-0.39, 0.29) is 5.91 Å². The number of anilines is 1. The predicted octanol–water partition coefficient (Wildman–Crippen LogP) is -0.681. The van der Waals surface area contributed by atoms with Crippen LogP contribution in [-0.4, -0.2) is 30.1 Å². The van der Waals surface area contributed by atoms with E-state index < -0.39 is 0 Å². The fraction of sp³-hybridized carbons (Fsp3) is 0.429.